The molecule has 0 aliphatic rings. The molecule has 0 unspecified atom stereocenters. The van der Waals surface area contributed by atoms with Gasteiger partial charge in [-0.05, 0) is 30.3 Å². The number of fused-ring (bicyclic) bond motifs is 1. The molecule has 0 aliphatic heterocycles. The molecule has 0 saturated carbocycles. The molecule has 134 valence electrons. The van der Waals surface area contributed by atoms with Crippen molar-refractivity contribution in [3.8, 4) is 11.5 Å². The lowest BCUT2D eigenvalue weighted by molar-refractivity contribution is -0.114. The zero-order valence-electron chi connectivity index (χ0n) is 14.5. The SMILES string of the molecule is COc1ccc(C(=O)Nc2ccc3sc(NC(C)=O)nc3c2)c(OC)c1. The lowest BCUT2D eigenvalue weighted by atomic mass is 10.1. The maximum Gasteiger partial charge on any atom is 0.259 e. The van der Waals surface area contributed by atoms with Gasteiger partial charge < -0.3 is 20.1 Å². The minimum Gasteiger partial charge on any atom is -0.497 e. The van der Waals surface area contributed by atoms with E-state index in [2.05, 4.69) is 15.6 Å². The summed E-state index contributed by atoms with van der Waals surface area (Å²) in [5, 5.41) is 6.01. The molecule has 1 heterocycles. The van der Waals surface area contributed by atoms with Gasteiger partial charge in [0.2, 0.25) is 5.91 Å². The highest BCUT2D eigenvalue weighted by molar-refractivity contribution is 7.22. The number of nitrogens with zero attached hydrogens (tertiary/aromatic N) is 1. The molecule has 0 saturated heterocycles. The summed E-state index contributed by atoms with van der Waals surface area (Å²) >= 11 is 1.37. The van der Waals surface area contributed by atoms with Gasteiger partial charge >= 0.3 is 0 Å². The van der Waals surface area contributed by atoms with Crippen molar-refractivity contribution in [3.63, 3.8) is 0 Å². The van der Waals surface area contributed by atoms with Crippen LogP contribution in [0.25, 0.3) is 10.2 Å². The molecule has 0 fully saturated rings. The van der Waals surface area contributed by atoms with E-state index < -0.39 is 0 Å². The number of methoxy groups -OCH3 is 2. The van der Waals surface area contributed by atoms with Crippen LogP contribution < -0.4 is 20.1 Å². The maximum absolute atomic E-state index is 12.6. The number of hydrogen-bond acceptors (Lipinski definition) is 6. The summed E-state index contributed by atoms with van der Waals surface area (Å²) in [6.45, 7) is 1.43. The first-order valence-electron chi connectivity index (χ1n) is 7.71. The van der Waals surface area contributed by atoms with Gasteiger partial charge in [-0.3, -0.25) is 9.59 Å². The number of rotatable bonds is 5. The van der Waals surface area contributed by atoms with Gasteiger partial charge in [0.25, 0.3) is 5.91 Å². The van der Waals surface area contributed by atoms with Crippen molar-refractivity contribution in [2.75, 3.05) is 24.9 Å². The van der Waals surface area contributed by atoms with Crippen molar-refractivity contribution < 1.29 is 19.1 Å². The molecule has 1 aromatic heterocycles. The number of anilines is 2. The highest BCUT2D eigenvalue weighted by Gasteiger charge is 2.14. The zero-order chi connectivity index (χ0) is 18.7. The van der Waals surface area contributed by atoms with E-state index in [1.54, 1.807) is 37.4 Å². The van der Waals surface area contributed by atoms with Gasteiger partial charge in [0, 0.05) is 18.7 Å². The minimum absolute atomic E-state index is 0.177. The molecule has 7 nitrogen and oxygen atoms in total. The van der Waals surface area contributed by atoms with Crippen LogP contribution in [-0.4, -0.2) is 31.0 Å². The van der Waals surface area contributed by atoms with Gasteiger partial charge in [-0.25, -0.2) is 4.98 Å². The minimum atomic E-state index is -0.304. The fourth-order valence-electron chi connectivity index (χ4n) is 2.39. The molecule has 3 rings (SSSR count). The molecule has 2 amide bonds. The zero-order valence-corrected chi connectivity index (χ0v) is 15.3. The predicted octanol–water partition coefficient (Wildman–Crippen LogP) is 3.52. The Hall–Kier alpha value is -3.13. The second kappa shape index (κ2) is 7.40. The Morgan fingerprint density at radius 3 is 2.54 bits per heavy atom. The number of nitrogens with one attached hydrogen (secondary N) is 2. The summed E-state index contributed by atoms with van der Waals surface area (Å²) in [6.07, 6.45) is 0. The summed E-state index contributed by atoms with van der Waals surface area (Å²) < 4.78 is 11.3. The van der Waals surface area contributed by atoms with E-state index in [0.29, 0.717) is 33.4 Å². The van der Waals surface area contributed by atoms with Crippen LogP contribution in [0.15, 0.2) is 36.4 Å². The summed E-state index contributed by atoms with van der Waals surface area (Å²) in [4.78, 5) is 28.1. The molecule has 3 aromatic rings. The Morgan fingerprint density at radius 2 is 1.85 bits per heavy atom. The van der Waals surface area contributed by atoms with Gasteiger partial charge in [0.1, 0.15) is 11.5 Å². The molecule has 0 spiro atoms. The fourth-order valence-corrected chi connectivity index (χ4v) is 3.29. The van der Waals surface area contributed by atoms with Crippen molar-refractivity contribution in [3.05, 3.63) is 42.0 Å². The molecular weight excluding hydrogens is 354 g/mol. The molecule has 0 atom stereocenters. The second-order valence-electron chi connectivity index (χ2n) is 5.40. The molecule has 0 aliphatic carbocycles. The van der Waals surface area contributed by atoms with E-state index >= 15 is 0 Å². The highest BCUT2D eigenvalue weighted by Crippen LogP contribution is 2.29. The fraction of sp³-hybridized carbons (Fsp3) is 0.167. The van der Waals surface area contributed by atoms with Crippen molar-refractivity contribution >= 4 is 44.2 Å². The first-order valence-corrected chi connectivity index (χ1v) is 8.53. The number of thiazole rings is 1. The van der Waals surface area contributed by atoms with E-state index in [1.807, 2.05) is 6.07 Å². The Kier molecular flexibility index (Phi) is 5.04. The van der Waals surface area contributed by atoms with Gasteiger partial charge in [-0.1, -0.05) is 11.3 Å². The van der Waals surface area contributed by atoms with Crippen LogP contribution in [0, 0.1) is 0 Å². The highest BCUT2D eigenvalue weighted by atomic mass is 32.1. The third-order valence-corrected chi connectivity index (χ3v) is 4.53. The van der Waals surface area contributed by atoms with Crippen LogP contribution in [0.5, 0.6) is 11.5 Å². The van der Waals surface area contributed by atoms with E-state index in [9.17, 15) is 9.59 Å². The third-order valence-electron chi connectivity index (χ3n) is 3.58. The van der Waals surface area contributed by atoms with Gasteiger partial charge in [0.05, 0.1) is 30.0 Å². The molecular formula is C18H17N3O4S. The number of benzene rings is 2. The van der Waals surface area contributed by atoms with Crippen LogP contribution in [0.4, 0.5) is 10.8 Å². The number of carbonyl (C=O) groups excluding carboxylic acids is 2. The maximum atomic E-state index is 12.6. The van der Waals surface area contributed by atoms with E-state index in [-0.39, 0.29) is 11.8 Å². The van der Waals surface area contributed by atoms with Gasteiger partial charge in [-0.15, -0.1) is 0 Å². The van der Waals surface area contributed by atoms with Crippen LogP contribution in [0.2, 0.25) is 0 Å². The van der Waals surface area contributed by atoms with E-state index in [4.69, 9.17) is 9.47 Å². The monoisotopic (exact) mass is 371 g/mol. The van der Waals surface area contributed by atoms with Gasteiger partial charge in [-0.2, -0.15) is 0 Å². The Bertz CT molecular complexity index is 984. The Morgan fingerprint density at radius 1 is 1.04 bits per heavy atom. The molecule has 2 aromatic carbocycles. The van der Waals surface area contributed by atoms with Crippen LogP contribution in [0.1, 0.15) is 17.3 Å². The average Bonchev–Trinajstić information content (AvgIpc) is 3.01. The quantitative estimate of drug-likeness (QED) is 0.716. The topological polar surface area (TPSA) is 89.6 Å². The van der Waals surface area contributed by atoms with Crippen LogP contribution in [-0.2, 0) is 4.79 Å². The van der Waals surface area contributed by atoms with Crippen molar-refractivity contribution in [1.29, 1.82) is 0 Å². The number of hydrogen-bond donors (Lipinski definition) is 2. The largest absolute Gasteiger partial charge is 0.497 e. The average molecular weight is 371 g/mol. The standard InChI is InChI=1S/C18H17N3O4S/c1-10(22)19-18-21-14-8-11(4-7-16(14)26-18)20-17(23)13-6-5-12(24-2)9-15(13)25-3/h4-9H,1-3H3,(H,20,23)(H,19,21,22). The summed E-state index contributed by atoms with van der Waals surface area (Å²) in [7, 11) is 3.04. The van der Waals surface area contributed by atoms with E-state index in [0.717, 1.165) is 4.70 Å². The first kappa shape index (κ1) is 17.7. The molecule has 8 heteroatoms. The number of ether oxygens (including phenoxy) is 2. The van der Waals surface area contributed by atoms with Crippen LogP contribution in [0.3, 0.4) is 0 Å². The molecule has 2 N–H and O–H groups in total. The summed E-state index contributed by atoms with van der Waals surface area (Å²) in [5.41, 5.74) is 1.68. The smallest absolute Gasteiger partial charge is 0.259 e. The molecule has 0 bridgehead atoms. The number of aromatic nitrogens is 1. The summed E-state index contributed by atoms with van der Waals surface area (Å²) in [5.74, 6) is 0.544. The second-order valence-corrected chi connectivity index (χ2v) is 6.43. The lowest BCUT2D eigenvalue weighted by Gasteiger charge is -2.10. The van der Waals surface area contributed by atoms with Gasteiger partial charge in [0.15, 0.2) is 5.13 Å². The number of amides is 2. The summed E-state index contributed by atoms with van der Waals surface area (Å²) in [6, 6.07) is 10.4. The first-order chi connectivity index (χ1) is 12.5. The van der Waals surface area contributed by atoms with Crippen molar-refractivity contribution in [2.24, 2.45) is 0 Å². The van der Waals surface area contributed by atoms with E-state index in [1.165, 1.54) is 25.4 Å². The normalized spacial score (nSPS) is 10.4. The number of carbonyl (C=O) groups is 2. The van der Waals surface area contributed by atoms with Crippen LogP contribution >= 0.6 is 11.3 Å². The lowest BCUT2D eigenvalue weighted by Crippen LogP contribution is -2.13. The van der Waals surface area contributed by atoms with Crippen molar-refractivity contribution in [1.82, 2.24) is 4.98 Å². The Labute approximate surface area is 154 Å². The third kappa shape index (κ3) is 3.75. The Balaban J connectivity index is 1.84. The molecule has 26 heavy (non-hydrogen) atoms. The molecule has 0 radical (unpaired) electrons. The van der Waals surface area contributed by atoms with Crippen molar-refractivity contribution in [2.45, 2.75) is 6.92 Å². The predicted molar refractivity (Wildman–Crippen MR) is 101 cm³/mol.